The summed E-state index contributed by atoms with van der Waals surface area (Å²) in [4.78, 5) is 36.8. The van der Waals surface area contributed by atoms with Gasteiger partial charge in [0.2, 0.25) is 5.91 Å². The Hall–Kier alpha value is -3.28. The van der Waals surface area contributed by atoms with Gasteiger partial charge in [-0.1, -0.05) is 101 Å². The van der Waals surface area contributed by atoms with E-state index in [4.69, 9.17) is 19.2 Å². The minimum Gasteiger partial charge on any atom is -0.459 e. The number of carbonyl (C=O) groups excluding carboxylic acids is 2. The first kappa shape index (κ1) is 57.6. The molecule has 3 N–H and O–H groups in total. The third kappa shape index (κ3) is 16.4. The van der Waals surface area contributed by atoms with E-state index in [0.717, 1.165) is 44.7 Å². The number of unbranched alkanes of at least 4 members (excludes halogenated alkanes) is 9. The summed E-state index contributed by atoms with van der Waals surface area (Å²) in [5.41, 5.74) is -1.66. The van der Waals surface area contributed by atoms with Crippen LogP contribution in [0.3, 0.4) is 0 Å². The number of hydrogen-bond donors (Lipinski definition) is 3. The highest BCUT2D eigenvalue weighted by atomic mass is 31.2. The molecule has 0 radical (unpaired) electrons. The van der Waals surface area contributed by atoms with Crippen molar-refractivity contribution in [3.8, 4) is 0 Å². The third-order valence-electron chi connectivity index (χ3n) is 15.3. The van der Waals surface area contributed by atoms with E-state index in [-0.39, 0.29) is 49.3 Å². The molecule has 12 heteroatoms. The van der Waals surface area contributed by atoms with Crippen LogP contribution >= 0.6 is 7.26 Å². The van der Waals surface area contributed by atoms with Crippen molar-refractivity contribution >= 4 is 35.2 Å². The second-order valence-corrected chi connectivity index (χ2v) is 25.4. The number of aromatic nitrogens is 1. The average molecular weight is 989 g/mol. The van der Waals surface area contributed by atoms with Crippen LogP contribution in [0, 0.1) is 11.8 Å². The van der Waals surface area contributed by atoms with Crippen LogP contribution in [0.4, 0.5) is 0 Å². The molecule has 2 aliphatic heterocycles. The summed E-state index contributed by atoms with van der Waals surface area (Å²) in [6, 6.07) is 28.2. The maximum absolute atomic E-state index is 14.2. The summed E-state index contributed by atoms with van der Waals surface area (Å²) in [5, 5.41) is 38.4. The van der Waals surface area contributed by atoms with E-state index < -0.39 is 55.0 Å². The van der Waals surface area contributed by atoms with Gasteiger partial charge in [0.25, 0.3) is 0 Å². The van der Waals surface area contributed by atoms with Crippen LogP contribution in [-0.4, -0.2) is 123 Å². The number of pyridine rings is 1. The monoisotopic (exact) mass is 989 g/mol. The van der Waals surface area contributed by atoms with Gasteiger partial charge in [0.1, 0.15) is 29.6 Å². The Bertz CT molecular complexity index is 1880. The van der Waals surface area contributed by atoms with Gasteiger partial charge in [0.15, 0.2) is 11.7 Å². The van der Waals surface area contributed by atoms with E-state index in [1.165, 1.54) is 48.1 Å². The van der Waals surface area contributed by atoms with E-state index in [1.54, 1.807) is 20.8 Å². The molecule has 2 fully saturated rings. The minimum absolute atomic E-state index is 0.0226. The molecule has 1 aromatic heterocycles. The Balaban J connectivity index is 1.14. The Labute approximate surface area is 422 Å². The first-order chi connectivity index (χ1) is 33.4. The number of benzene rings is 2. The Morgan fingerprint density at radius 3 is 1.91 bits per heavy atom. The lowest BCUT2D eigenvalue weighted by atomic mass is 9.83. The summed E-state index contributed by atoms with van der Waals surface area (Å²) < 4.78 is 18.8. The van der Waals surface area contributed by atoms with Gasteiger partial charge in [-0.15, -0.1) is 0 Å². The topological polar surface area (TPSA) is 142 Å². The molecule has 70 heavy (non-hydrogen) atoms. The van der Waals surface area contributed by atoms with Gasteiger partial charge >= 0.3 is 5.97 Å². The zero-order chi connectivity index (χ0) is 50.9. The van der Waals surface area contributed by atoms with Crippen LogP contribution in [0.2, 0.25) is 0 Å². The van der Waals surface area contributed by atoms with Crippen molar-refractivity contribution in [1.29, 1.82) is 0 Å². The number of nitrogens with zero attached hydrogens (tertiary/aromatic N) is 3. The van der Waals surface area contributed by atoms with Gasteiger partial charge < -0.3 is 39.3 Å². The van der Waals surface area contributed by atoms with Gasteiger partial charge in [0, 0.05) is 50.2 Å². The van der Waals surface area contributed by atoms with Gasteiger partial charge in [-0.25, -0.2) is 4.98 Å². The molecule has 0 spiro atoms. The minimum atomic E-state index is -1.90. The Morgan fingerprint density at radius 2 is 1.36 bits per heavy atom. The summed E-state index contributed by atoms with van der Waals surface area (Å²) in [7, 11) is 2.17. The Morgan fingerprint density at radius 1 is 0.786 bits per heavy atom. The first-order valence-electron chi connectivity index (χ1n) is 26.9. The molecular weight excluding hydrogens is 898 g/mol. The van der Waals surface area contributed by atoms with E-state index in [0.29, 0.717) is 25.8 Å². The zero-order valence-electron chi connectivity index (χ0n) is 44.4. The standard InChI is InChI=1S/C58H91N3O8P/c1-10-51-58(7,66)41-44(3)61(42-43(2)40-57(6,65)52(39-50(62)46(5)56(64)69-51)68-55-38-47(60(8)9)37-45(4)67-55)54(63)34-25-17-15-13-11-12-14-16-18-28-36-70(48-29-21-19-22-30-48,49-31-23-20-24-32-49)53-33-26-27-35-59-53/h19-24,26-27,29-33,35,43-47,50-52,55,62,65-66H,10-18,25,28,34,36-42H2,1-9H3/q+1/t43-,44-,45-,46-,47+,50+,51-,52-,55+,57-,58+/m1/s1. The van der Waals surface area contributed by atoms with Crippen LogP contribution in [0.5, 0.6) is 0 Å². The van der Waals surface area contributed by atoms with Crippen molar-refractivity contribution < 1.29 is 39.1 Å². The average Bonchev–Trinajstić information content (AvgIpc) is 3.33. The molecule has 0 aliphatic carbocycles. The number of hydrogen-bond acceptors (Lipinski definition) is 10. The molecule has 11 nitrogen and oxygen atoms in total. The first-order valence-corrected chi connectivity index (χ1v) is 28.9. The number of carbonyl (C=O) groups is 2. The lowest BCUT2D eigenvalue weighted by molar-refractivity contribution is -0.256. The molecule has 5 rings (SSSR count). The summed E-state index contributed by atoms with van der Waals surface area (Å²) in [5.74, 6) is -1.70. The molecule has 1 amide bonds. The van der Waals surface area contributed by atoms with Crippen molar-refractivity contribution in [3.63, 3.8) is 0 Å². The van der Waals surface area contributed by atoms with E-state index in [9.17, 15) is 24.9 Å². The van der Waals surface area contributed by atoms with Gasteiger partial charge in [-0.05, 0) is 130 Å². The number of aliphatic hydroxyl groups excluding tert-OH is 1. The quantitative estimate of drug-likeness (QED) is 0.0570. The molecular formula is C58H91N3O8P+. The maximum atomic E-state index is 14.2. The molecule has 0 saturated carbocycles. The summed E-state index contributed by atoms with van der Waals surface area (Å²) in [6.45, 7) is 13.2. The number of aliphatic hydroxyl groups is 3. The van der Waals surface area contributed by atoms with Gasteiger partial charge in [0.05, 0.1) is 36.0 Å². The van der Waals surface area contributed by atoms with E-state index >= 15 is 0 Å². The largest absolute Gasteiger partial charge is 0.459 e. The number of rotatable bonds is 20. The SMILES string of the molecule is CC[C@H]1OC(=O)[C@H](C)[C@@H](O)C[C@@H](O[C@H]2C[C@@H](N(C)C)C[C@@H](C)O2)[C@](C)(O)C[C@@H](C)CN(C(=O)CCCCCCCCCCCC[P+](c2ccccc2)(c2ccccc2)c2ccccn2)[C@H](C)C[C@]1(C)O. The fraction of sp³-hybridized carbons (Fsp3) is 0.672. The number of esters is 1. The fourth-order valence-electron chi connectivity index (χ4n) is 11.2. The number of amides is 1. The van der Waals surface area contributed by atoms with Crippen LogP contribution < -0.4 is 16.0 Å². The lowest BCUT2D eigenvalue weighted by Crippen LogP contribution is -2.51. The van der Waals surface area contributed by atoms with Crippen LogP contribution in [0.1, 0.15) is 158 Å². The van der Waals surface area contributed by atoms with Crippen molar-refractivity contribution in [2.45, 2.75) is 212 Å². The van der Waals surface area contributed by atoms with E-state index in [1.807, 2.05) is 59.0 Å². The highest BCUT2D eigenvalue weighted by Gasteiger charge is 2.47. The fourth-order valence-corrected chi connectivity index (χ4v) is 15.5. The van der Waals surface area contributed by atoms with Crippen LogP contribution in [0.15, 0.2) is 85.1 Å². The molecule has 0 bridgehead atoms. The molecule has 3 aromatic rings. The highest BCUT2D eigenvalue weighted by Crippen LogP contribution is 2.55. The molecule has 3 heterocycles. The highest BCUT2D eigenvalue weighted by molar-refractivity contribution is 7.95. The summed E-state index contributed by atoms with van der Waals surface area (Å²) in [6.07, 6.45) is 13.3. The predicted octanol–water partition coefficient (Wildman–Crippen LogP) is 9.36. The second kappa shape index (κ2) is 27.7. The van der Waals surface area contributed by atoms with Crippen LogP contribution in [-0.2, 0) is 23.8 Å². The smallest absolute Gasteiger partial charge is 0.311 e. The molecule has 0 unspecified atom stereocenters. The third-order valence-corrected chi connectivity index (χ3v) is 19.7. The zero-order valence-corrected chi connectivity index (χ0v) is 45.3. The Kier molecular flexibility index (Phi) is 22.8. The van der Waals surface area contributed by atoms with Gasteiger partial charge in [-0.2, -0.15) is 0 Å². The van der Waals surface area contributed by atoms with Crippen molar-refractivity contribution in [1.82, 2.24) is 14.8 Å². The molecule has 11 atom stereocenters. The normalized spacial score (nSPS) is 29.8. The maximum Gasteiger partial charge on any atom is 0.311 e. The second-order valence-electron chi connectivity index (χ2n) is 21.8. The molecule has 390 valence electrons. The number of cyclic esters (lactones) is 1. The van der Waals surface area contributed by atoms with E-state index in [2.05, 4.69) is 77.7 Å². The summed E-state index contributed by atoms with van der Waals surface area (Å²) >= 11 is 0. The van der Waals surface area contributed by atoms with Crippen molar-refractivity contribution in [2.75, 3.05) is 26.8 Å². The molecule has 2 aliphatic rings. The van der Waals surface area contributed by atoms with Crippen molar-refractivity contribution in [3.05, 3.63) is 85.1 Å². The van der Waals surface area contributed by atoms with Crippen LogP contribution in [0.25, 0.3) is 0 Å². The molecule has 2 saturated heterocycles. The molecule has 2 aromatic carbocycles. The van der Waals surface area contributed by atoms with Gasteiger partial charge in [-0.3, -0.25) is 9.59 Å². The predicted molar refractivity (Wildman–Crippen MR) is 285 cm³/mol. The lowest BCUT2D eigenvalue weighted by Gasteiger charge is -2.43. The van der Waals surface area contributed by atoms with Crippen molar-refractivity contribution in [2.24, 2.45) is 11.8 Å². The number of ether oxygens (including phenoxy) is 3.